The Kier molecular flexibility index (Phi) is 7.06. The first-order chi connectivity index (χ1) is 13.5. The molecule has 3 N–H and O–H groups in total. The van der Waals surface area contributed by atoms with Crippen molar-refractivity contribution in [2.75, 3.05) is 51.2 Å². The zero-order valence-corrected chi connectivity index (χ0v) is 17.3. The molecule has 0 saturated carbocycles. The molecule has 1 fully saturated rings. The number of rotatable bonds is 7. The standard InChI is InChI=1S/C23H31N3O2/c1-18-7-9-21(10-8-18)28-16-15-25-11-13-26(14-12-25)17-23(27)24-22-6-4-5-19(2)20(22)3/h4-10H,11-17H2,1-3H3,(H,24,27)/p+2. The van der Waals surface area contributed by atoms with E-state index in [1.165, 1.54) is 16.0 Å². The van der Waals surface area contributed by atoms with E-state index in [-0.39, 0.29) is 5.91 Å². The van der Waals surface area contributed by atoms with E-state index in [9.17, 15) is 4.79 Å². The molecule has 0 atom stereocenters. The summed E-state index contributed by atoms with van der Waals surface area (Å²) in [6.07, 6.45) is 0. The molecule has 0 spiro atoms. The van der Waals surface area contributed by atoms with Gasteiger partial charge in [-0.25, -0.2) is 0 Å². The van der Waals surface area contributed by atoms with Gasteiger partial charge < -0.3 is 19.9 Å². The number of benzene rings is 2. The van der Waals surface area contributed by atoms with Crippen LogP contribution in [-0.2, 0) is 4.79 Å². The van der Waals surface area contributed by atoms with E-state index in [0.29, 0.717) is 6.54 Å². The Morgan fingerprint density at radius 3 is 2.36 bits per heavy atom. The number of carbonyl (C=O) groups is 1. The molecule has 2 aromatic carbocycles. The minimum absolute atomic E-state index is 0.106. The highest BCUT2D eigenvalue weighted by Gasteiger charge is 2.24. The number of ether oxygens (including phenoxy) is 1. The summed E-state index contributed by atoms with van der Waals surface area (Å²) in [5.41, 5.74) is 4.53. The lowest BCUT2D eigenvalue weighted by Crippen LogP contribution is -3.28. The van der Waals surface area contributed by atoms with Crippen LogP contribution in [0.3, 0.4) is 0 Å². The molecule has 1 saturated heterocycles. The van der Waals surface area contributed by atoms with Gasteiger partial charge in [-0.2, -0.15) is 0 Å². The Bertz CT molecular complexity index is 781. The molecule has 1 amide bonds. The third kappa shape index (κ3) is 5.81. The van der Waals surface area contributed by atoms with Gasteiger partial charge in [-0.05, 0) is 50.1 Å². The highest BCUT2D eigenvalue weighted by molar-refractivity contribution is 5.92. The Morgan fingerprint density at radius 1 is 0.964 bits per heavy atom. The average Bonchev–Trinajstić information content (AvgIpc) is 2.68. The third-order valence-electron chi connectivity index (χ3n) is 5.70. The van der Waals surface area contributed by atoms with E-state index in [1.807, 2.05) is 24.3 Å². The minimum atomic E-state index is 0.106. The van der Waals surface area contributed by atoms with E-state index < -0.39 is 0 Å². The van der Waals surface area contributed by atoms with Crippen molar-refractivity contribution in [2.24, 2.45) is 0 Å². The van der Waals surface area contributed by atoms with Crippen molar-refractivity contribution < 1.29 is 19.3 Å². The largest absolute Gasteiger partial charge is 0.488 e. The van der Waals surface area contributed by atoms with Crippen LogP contribution < -0.4 is 19.9 Å². The molecular formula is C23H33N3O2+2. The number of hydrogen-bond acceptors (Lipinski definition) is 2. The van der Waals surface area contributed by atoms with Crippen LogP contribution in [0.5, 0.6) is 5.75 Å². The number of aryl methyl sites for hydroxylation is 2. The average molecular weight is 384 g/mol. The summed E-state index contributed by atoms with van der Waals surface area (Å²) in [4.78, 5) is 15.3. The first-order valence-corrected chi connectivity index (χ1v) is 10.2. The Labute approximate surface area is 168 Å². The number of quaternary nitrogens is 2. The van der Waals surface area contributed by atoms with Crippen LogP contribution >= 0.6 is 0 Å². The molecule has 5 heteroatoms. The van der Waals surface area contributed by atoms with Crippen LogP contribution in [-0.4, -0.2) is 51.8 Å². The van der Waals surface area contributed by atoms with Crippen molar-refractivity contribution in [3.8, 4) is 5.75 Å². The fraction of sp³-hybridized carbons (Fsp3) is 0.435. The number of nitrogens with one attached hydrogen (secondary N) is 3. The second-order valence-electron chi connectivity index (χ2n) is 7.88. The summed E-state index contributed by atoms with van der Waals surface area (Å²) in [7, 11) is 0. The second-order valence-corrected chi connectivity index (χ2v) is 7.88. The molecule has 5 nitrogen and oxygen atoms in total. The highest BCUT2D eigenvalue weighted by Crippen LogP contribution is 2.17. The van der Waals surface area contributed by atoms with Crippen molar-refractivity contribution in [1.82, 2.24) is 0 Å². The lowest BCUT2D eigenvalue weighted by atomic mass is 10.1. The van der Waals surface area contributed by atoms with E-state index in [0.717, 1.165) is 56.3 Å². The fourth-order valence-corrected chi connectivity index (χ4v) is 3.64. The second kappa shape index (κ2) is 9.71. The number of amides is 1. The van der Waals surface area contributed by atoms with E-state index in [1.54, 1.807) is 4.90 Å². The predicted octanol–water partition coefficient (Wildman–Crippen LogP) is 0.413. The zero-order valence-electron chi connectivity index (χ0n) is 17.3. The lowest BCUT2D eigenvalue weighted by molar-refractivity contribution is -1.01. The van der Waals surface area contributed by atoms with Crippen LogP contribution in [0.2, 0.25) is 0 Å². The molecule has 3 rings (SSSR count). The van der Waals surface area contributed by atoms with Gasteiger partial charge in [-0.3, -0.25) is 4.79 Å². The fourth-order valence-electron chi connectivity index (χ4n) is 3.64. The highest BCUT2D eigenvalue weighted by atomic mass is 16.5. The van der Waals surface area contributed by atoms with Gasteiger partial charge in [0.15, 0.2) is 6.54 Å². The monoisotopic (exact) mass is 383 g/mol. The van der Waals surface area contributed by atoms with Crippen molar-refractivity contribution in [3.05, 3.63) is 59.2 Å². The maximum absolute atomic E-state index is 12.4. The first kappa shape index (κ1) is 20.4. The quantitative estimate of drug-likeness (QED) is 0.649. The molecule has 1 aliphatic rings. The van der Waals surface area contributed by atoms with Crippen LogP contribution in [0.15, 0.2) is 42.5 Å². The summed E-state index contributed by atoms with van der Waals surface area (Å²) in [5.74, 6) is 1.05. The van der Waals surface area contributed by atoms with Gasteiger partial charge in [0.05, 0.1) is 0 Å². The zero-order chi connectivity index (χ0) is 19.9. The van der Waals surface area contributed by atoms with Gasteiger partial charge in [0.25, 0.3) is 5.91 Å². The van der Waals surface area contributed by atoms with Crippen LogP contribution in [0.4, 0.5) is 5.69 Å². The molecular weight excluding hydrogens is 350 g/mol. The number of hydrogen-bond donors (Lipinski definition) is 3. The maximum atomic E-state index is 12.4. The third-order valence-corrected chi connectivity index (χ3v) is 5.70. The van der Waals surface area contributed by atoms with E-state index in [2.05, 4.69) is 44.3 Å². The van der Waals surface area contributed by atoms with E-state index in [4.69, 9.17) is 4.74 Å². The predicted molar refractivity (Wildman–Crippen MR) is 112 cm³/mol. The van der Waals surface area contributed by atoms with Gasteiger partial charge >= 0.3 is 0 Å². The van der Waals surface area contributed by atoms with Gasteiger partial charge in [0, 0.05) is 5.69 Å². The SMILES string of the molecule is Cc1ccc(OCC[NH+]2CC[NH+](CC(=O)Nc3cccc(C)c3C)CC2)cc1. The molecule has 0 aromatic heterocycles. The van der Waals surface area contributed by atoms with Crippen molar-refractivity contribution in [3.63, 3.8) is 0 Å². The molecule has 0 bridgehead atoms. The molecule has 0 radical (unpaired) electrons. The molecule has 0 unspecified atom stereocenters. The normalized spacial score (nSPS) is 19.2. The maximum Gasteiger partial charge on any atom is 0.279 e. The first-order valence-electron chi connectivity index (χ1n) is 10.2. The van der Waals surface area contributed by atoms with Gasteiger partial charge in [-0.15, -0.1) is 0 Å². The number of carbonyl (C=O) groups excluding carboxylic acids is 1. The molecule has 1 aliphatic heterocycles. The smallest absolute Gasteiger partial charge is 0.279 e. The van der Waals surface area contributed by atoms with Crippen LogP contribution in [0.25, 0.3) is 0 Å². The topological polar surface area (TPSA) is 47.2 Å². The molecule has 1 heterocycles. The number of anilines is 1. The van der Waals surface area contributed by atoms with Crippen LogP contribution in [0.1, 0.15) is 16.7 Å². The number of piperazine rings is 1. The Balaban J connectivity index is 1.36. The Morgan fingerprint density at radius 2 is 1.64 bits per heavy atom. The minimum Gasteiger partial charge on any atom is -0.488 e. The van der Waals surface area contributed by atoms with Crippen molar-refractivity contribution >= 4 is 11.6 Å². The molecule has 0 aliphatic carbocycles. The molecule has 28 heavy (non-hydrogen) atoms. The summed E-state index contributed by atoms with van der Waals surface area (Å²) in [6, 6.07) is 14.3. The summed E-state index contributed by atoms with van der Waals surface area (Å²) in [6.45, 7) is 12.7. The molecule has 2 aromatic rings. The summed E-state index contributed by atoms with van der Waals surface area (Å²) < 4.78 is 5.85. The molecule has 150 valence electrons. The van der Waals surface area contributed by atoms with Gasteiger partial charge in [0.1, 0.15) is 45.1 Å². The van der Waals surface area contributed by atoms with Gasteiger partial charge in [0.2, 0.25) is 0 Å². The van der Waals surface area contributed by atoms with Crippen molar-refractivity contribution in [1.29, 1.82) is 0 Å². The van der Waals surface area contributed by atoms with Gasteiger partial charge in [-0.1, -0.05) is 29.8 Å². The van der Waals surface area contributed by atoms with Crippen molar-refractivity contribution in [2.45, 2.75) is 20.8 Å². The summed E-state index contributed by atoms with van der Waals surface area (Å²) >= 11 is 0. The Hall–Kier alpha value is -2.37. The van der Waals surface area contributed by atoms with E-state index >= 15 is 0 Å². The lowest BCUT2D eigenvalue weighted by Gasteiger charge is -2.29. The summed E-state index contributed by atoms with van der Waals surface area (Å²) in [5, 5.41) is 3.08. The van der Waals surface area contributed by atoms with Crippen LogP contribution in [0, 0.1) is 20.8 Å².